The van der Waals surface area contributed by atoms with E-state index in [0.29, 0.717) is 12.0 Å². The molecule has 1 aromatic rings. The van der Waals surface area contributed by atoms with Gasteiger partial charge in [-0.25, -0.2) is 0 Å². The van der Waals surface area contributed by atoms with Crippen molar-refractivity contribution in [1.29, 1.82) is 0 Å². The largest absolute Gasteiger partial charge is 0.504 e. The van der Waals surface area contributed by atoms with E-state index in [4.69, 9.17) is 4.74 Å². The third-order valence-corrected chi connectivity index (χ3v) is 5.22. The van der Waals surface area contributed by atoms with Crippen molar-refractivity contribution in [1.82, 2.24) is 10.2 Å². The Kier molecular flexibility index (Phi) is 9.72. The summed E-state index contributed by atoms with van der Waals surface area (Å²) in [6, 6.07) is 5.87. The molecule has 3 rings (SSSR count). The van der Waals surface area contributed by atoms with Crippen LogP contribution in [0, 0.1) is 5.92 Å². The average molecular weight is 405 g/mol. The van der Waals surface area contributed by atoms with Gasteiger partial charge in [0.1, 0.15) is 0 Å². The Morgan fingerprint density at radius 3 is 2.42 bits per heavy atom. The Labute approximate surface area is 168 Å². The van der Waals surface area contributed by atoms with E-state index >= 15 is 0 Å². The summed E-state index contributed by atoms with van der Waals surface area (Å²) in [5.74, 6) is 0.521. The molecule has 0 aromatic heterocycles. The highest BCUT2D eigenvalue weighted by atomic mass is 35.5. The number of benzene rings is 1. The summed E-state index contributed by atoms with van der Waals surface area (Å²) in [5.41, 5.74) is 1.14. The molecule has 1 heterocycles. The molecule has 1 aliphatic carbocycles. The lowest BCUT2D eigenvalue weighted by molar-refractivity contribution is -0.132. The van der Waals surface area contributed by atoms with Crippen molar-refractivity contribution < 1.29 is 14.6 Å². The first-order valence-electron chi connectivity index (χ1n) is 9.11. The van der Waals surface area contributed by atoms with Crippen LogP contribution in [0.1, 0.15) is 50.6 Å². The van der Waals surface area contributed by atoms with E-state index in [2.05, 4.69) is 10.2 Å². The number of esters is 1. The van der Waals surface area contributed by atoms with Gasteiger partial charge in [-0.3, -0.25) is 9.69 Å². The van der Waals surface area contributed by atoms with Gasteiger partial charge in [0.2, 0.25) is 0 Å². The van der Waals surface area contributed by atoms with Gasteiger partial charge in [0.15, 0.2) is 11.5 Å². The number of phenolic OH excluding ortho intramolecular Hbond substituents is 1. The third kappa shape index (κ3) is 5.74. The highest BCUT2D eigenvalue weighted by Crippen LogP contribution is 2.40. The number of halogens is 2. The van der Waals surface area contributed by atoms with Gasteiger partial charge in [0, 0.05) is 39.1 Å². The Morgan fingerprint density at radius 1 is 1.19 bits per heavy atom. The summed E-state index contributed by atoms with van der Waals surface area (Å²) in [6.45, 7) is 5.45. The molecule has 7 heteroatoms. The average Bonchev–Trinajstić information content (AvgIpc) is 2.59. The number of hydrogen-bond donors (Lipinski definition) is 2. The molecule has 0 bridgehead atoms. The normalized spacial score (nSPS) is 19.7. The van der Waals surface area contributed by atoms with Crippen molar-refractivity contribution >= 4 is 30.8 Å². The minimum absolute atomic E-state index is 0. The quantitative estimate of drug-likeness (QED) is 0.591. The summed E-state index contributed by atoms with van der Waals surface area (Å²) in [6.07, 6.45) is 6.43. The van der Waals surface area contributed by atoms with E-state index < -0.39 is 5.97 Å². The van der Waals surface area contributed by atoms with Gasteiger partial charge in [0.25, 0.3) is 0 Å². The van der Waals surface area contributed by atoms with Crippen molar-refractivity contribution in [3.8, 4) is 11.5 Å². The lowest BCUT2D eigenvalue weighted by atomic mass is 9.80. The standard InChI is InChI=1S/C19H28N2O3.2ClH/c1-14(22)24-18-8-7-16(13-17(18)23)19(15-5-3-2-4-6-15)21-11-9-20-10-12-21;;/h7-8,13,15,19-20,23H,2-6,9-12H2,1H3;2*1H/t19-;;/m1../s1. The van der Waals surface area contributed by atoms with Gasteiger partial charge in [-0.05, 0) is 36.5 Å². The van der Waals surface area contributed by atoms with Crippen LogP contribution in [0.3, 0.4) is 0 Å². The lowest BCUT2D eigenvalue weighted by Gasteiger charge is -2.41. The van der Waals surface area contributed by atoms with Gasteiger partial charge in [-0.15, -0.1) is 24.8 Å². The minimum Gasteiger partial charge on any atom is -0.504 e. The van der Waals surface area contributed by atoms with Crippen LogP contribution >= 0.6 is 24.8 Å². The van der Waals surface area contributed by atoms with Gasteiger partial charge < -0.3 is 15.2 Å². The van der Waals surface area contributed by atoms with Crippen molar-refractivity contribution in [2.75, 3.05) is 26.2 Å². The minimum atomic E-state index is -0.413. The molecule has 1 aromatic carbocycles. The van der Waals surface area contributed by atoms with E-state index in [-0.39, 0.29) is 36.3 Å². The van der Waals surface area contributed by atoms with E-state index in [1.54, 1.807) is 12.1 Å². The van der Waals surface area contributed by atoms with Gasteiger partial charge in [-0.2, -0.15) is 0 Å². The first kappa shape index (κ1) is 23.0. The number of aromatic hydroxyl groups is 1. The fraction of sp³-hybridized carbons (Fsp3) is 0.632. The zero-order valence-electron chi connectivity index (χ0n) is 15.3. The fourth-order valence-corrected chi connectivity index (χ4v) is 4.15. The van der Waals surface area contributed by atoms with Crippen LogP contribution < -0.4 is 10.1 Å². The molecular weight excluding hydrogens is 375 g/mol. The Balaban J connectivity index is 0.00000169. The molecule has 2 N–H and O–H groups in total. The lowest BCUT2D eigenvalue weighted by Crippen LogP contribution is -2.47. The molecule has 5 nitrogen and oxygen atoms in total. The van der Waals surface area contributed by atoms with Gasteiger partial charge in [0.05, 0.1) is 0 Å². The summed E-state index contributed by atoms with van der Waals surface area (Å²) < 4.78 is 5.06. The van der Waals surface area contributed by atoms with Crippen molar-refractivity contribution in [3.63, 3.8) is 0 Å². The maximum atomic E-state index is 11.1. The molecule has 2 fully saturated rings. The van der Waals surface area contributed by atoms with E-state index in [1.165, 1.54) is 39.0 Å². The monoisotopic (exact) mass is 404 g/mol. The summed E-state index contributed by atoms with van der Waals surface area (Å²) in [7, 11) is 0. The highest BCUT2D eigenvalue weighted by Gasteiger charge is 2.31. The number of phenols is 1. The third-order valence-electron chi connectivity index (χ3n) is 5.22. The molecule has 0 spiro atoms. The van der Waals surface area contributed by atoms with Crippen LogP contribution in [0.25, 0.3) is 0 Å². The van der Waals surface area contributed by atoms with Crippen molar-refractivity contribution in [2.45, 2.75) is 45.1 Å². The maximum absolute atomic E-state index is 11.1. The second-order valence-corrected chi connectivity index (χ2v) is 6.95. The number of rotatable bonds is 4. The molecule has 2 aliphatic rings. The number of hydrogen-bond acceptors (Lipinski definition) is 5. The maximum Gasteiger partial charge on any atom is 0.308 e. The molecule has 148 valence electrons. The first-order chi connectivity index (χ1) is 11.6. The van der Waals surface area contributed by atoms with Gasteiger partial charge in [-0.1, -0.05) is 25.3 Å². The predicted molar refractivity (Wildman–Crippen MR) is 108 cm³/mol. The summed E-state index contributed by atoms with van der Waals surface area (Å²) in [4.78, 5) is 13.7. The molecule has 1 saturated heterocycles. The number of piperazine rings is 1. The number of ether oxygens (including phenoxy) is 1. The van der Waals surface area contributed by atoms with Crippen LogP contribution in [-0.4, -0.2) is 42.2 Å². The summed E-state index contributed by atoms with van der Waals surface area (Å²) in [5, 5.41) is 13.7. The van der Waals surface area contributed by atoms with Crippen molar-refractivity contribution in [2.24, 2.45) is 5.92 Å². The highest BCUT2D eigenvalue weighted by molar-refractivity contribution is 5.85. The predicted octanol–water partition coefficient (Wildman–Crippen LogP) is 3.69. The number of carbonyl (C=O) groups is 1. The molecule has 0 radical (unpaired) electrons. The smallest absolute Gasteiger partial charge is 0.308 e. The number of nitrogens with one attached hydrogen (secondary N) is 1. The van der Waals surface area contributed by atoms with E-state index in [0.717, 1.165) is 31.7 Å². The van der Waals surface area contributed by atoms with Gasteiger partial charge >= 0.3 is 5.97 Å². The second kappa shape index (κ2) is 11.0. The van der Waals surface area contributed by atoms with Crippen LogP contribution in [0.4, 0.5) is 0 Å². The Morgan fingerprint density at radius 2 is 1.85 bits per heavy atom. The summed E-state index contributed by atoms with van der Waals surface area (Å²) >= 11 is 0. The fourth-order valence-electron chi connectivity index (χ4n) is 4.15. The van der Waals surface area contributed by atoms with Crippen LogP contribution in [0.5, 0.6) is 11.5 Å². The second-order valence-electron chi connectivity index (χ2n) is 6.95. The van der Waals surface area contributed by atoms with Crippen LogP contribution in [-0.2, 0) is 4.79 Å². The molecule has 1 saturated carbocycles. The zero-order valence-corrected chi connectivity index (χ0v) is 16.9. The molecule has 0 amide bonds. The topological polar surface area (TPSA) is 61.8 Å². The molecule has 0 unspecified atom stereocenters. The Bertz CT molecular complexity index is 556. The Hall–Kier alpha value is -1.01. The number of carbonyl (C=O) groups excluding carboxylic acids is 1. The van der Waals surface area contributed by atoms with Crippen molar-refractivity contribution in [3.05, 3.63) is 23.8 Å². The molecular formula is C19H30Cl2N2O3. The zero-order chi connectivity index (χ0) is 16.9. The molecule has 26 heavy (non-hydrogen) atoms. The first-order valence-corrected chi connectivity index (χ1v) is 9.11. The number of nitrogens with zero attached hydrogens (tertiary/aromatic N) is 1. The molecule has 1 atom stereocenters. The van der Waals surface area contributed by atoms with E-state index in [9.17, 15) is 9.90 Å². The van der Waals surface area contributed by atoms with Crippen LogP contribution in [0.2, 0.25) is 0 Å². The van der Waals surface area contributed by atoms with E-state index in [1.807, 2.05) is 6.07 Å². The van der Waals surface area contributed by atoms with Crippen LogP contribution in [0.15, 0.2) is 18.2 Å². The molecule has 1 aliphatic heterocycles. The SMILES string of the molecule is CC(=O)Oc1ccc([C@@H](C2CCCCC2)N2CCNCC2)cc1O.Cl.Cl.